The van der Waals surface area contributed by atoms with Crippen LogP contribution >= 0.6 is 15.9 Å². The van der Waals surface area contributed by atoms with Crippen molar-refractivity contribution in [3.05, 3.63) is 58.3 Å². The number of nitrogens with two attached hydrogens (primary N) is 1. The lowest BCUT2D eigenvalue weighted by Crippen LogP contribution is -2.15. The topological polar surface area (TPSA) is 80.7 Å². The molecule has 0 unspecified atom stereocenters. The van der Waals surface area contributed by atoms with E-state index >= 15 is 0 Å². The number of ether oxygens (including phenoxy) is 1. The Kier molecular flexibility index (Phi) is 4.95. The molecule has 20 heavy (non-hydrogen) atoms. The van der Waals surface area contributed by atoms with Crippen LogP contribution < -0.4 is 10.5 Å². The SMILES string of the molecule is N/C(=N/O)c1ccc(Br)cc1OCCc1ccccn1. The molecule has 0 aliphatic carbocycles. The highest BCUT2D eigenvalue weighted by Crippen LogP contribution is 2.23. The van der Waals surface area contributed by atoms with Crippen LogP contribution in [0.15, 0.2) is 52.2 Å². The van der Waals surface area contributed by atoms with Crippen molar-refractivity contribution in [1.82, 2.24) is 4.98 Å². The van der Waals surface area contributed by atoms with Crippen molar-refractivity contribution in [2.45, 2.75) is 6.42 Å². The molecular weight excluding hydrogens is 322 g/mol. The largest absolute Gasteiger partial charge is 0.492 e. The number of rotatable bonds is 5. The van der Waals surface area contributed by atoms with Crippen molar-refractivity contribution >= 4 is 21.8 Å². The van der Waals surface area contributed by atoms with Crippen LogP contribution in [-0.4, -0.2) is 22.6 Å². The highest BCUT2D eigenvalue weighted by molar-refractivity contribution is 9.10. The van der Waals surface area contributed by atoms with Gasteiger partial charge in [0.1, 0.15) is 5.75 Å². The number of hydrogen-bond donors (Lipinski definition) is 2. The molecule has 0 aliphatic rings. The first-order valence-corrected chi connectivity index (χ1v) is 6.80. The highest BCUT2D eigenvalue weighted by atomic mass is 79.9. The Hall–Kier alpha value is -2.08. The maximum absolute atomic E-state index is 8.77. The summed E-state index contributed by atoms with van der Waals surface area (Å²) in [6.45, 7) is 0.458. The van der Waals surface area contributed by atoms with Crippen molar-refractivity contribution in [3.8, 4) is 5.75 Å². The monoisotopic (exact) mass is 335 g/mol. The second kappa shape index (κ2) is 6.91. The molecule has 0 fully saturated rings. The fourth-order valence-corrected chi connectivity index (χ4v) is 2.03. The van der Waals surface area contributed by atoms with Crippen LogP contribution in [0.2, 0.25) is 0 Å². The third-order valence-electron chi connectivity index (χ3n) is 2.67. The molecule has 1 aromatic carbocycles. The van der Waals surface area contributed by atoms with E-state index in [2.05, 4.69) is 26.1 Å². The summed E-state index contributed by atoms with van der Waals surface area (Å²) in [5.74, 6) is 0.580. The first-order valence-electron chi connectivity index (χ1n) is 6.01. The van der Waals surface area contributed by atoms with E-state index in [1.165, 1.54) is 0 Å². The van der Waals surface area contributed by atoms with Crippen molar-refractivity contribution < 1.29 is 9.94 Å². The zero-order chi connectivity index (χ0) is 14.4. The molecule has 1 aromatic heterocycles. The van der Waals surface area contributed by atoms with Crippen LogP contribution in [0, 0.1) is 0 Å². The van der Waals surface area contributed by atoms with Crippen molar-refractivity contribution in [2.75, 3.05) is 6.61 Å². The molecule has 0 bridgehead atoms. The van der Waals surface area contributed by atoms with Gasteiger partial charge in [-0.15, -0.1) is 0 Å². The number of halogens is 1. The van der Waals surface area contributed by atoms with Crippen LogP contribution in [0.4, 0.5) is 0 Å². The Morgan fingerprint density at radius 3 is 2.90 bits per heavy atom. The molecule has 6 heteroatoms. The standard InChI is InChI=1S/C14H14BrN3O2/c15-10-4-5-12(14(16)18-19)13(9-10)20-8-6-11-3-1-2-7-17-11/h1-5,7,9,19H,6,8H2,(H2,16,18). The van der Waals surface area contributed by atoms with Crippen LogP contribution in [-0.2, 0) is 6.42 Å². The van der Waals surface area contributed by atoms with E-state index in [-0.39, 0.29) is 5.84 Å². The van der Waals surface area contributed by atoms with Crippen LogP contribution in [0.1, 0.15) is 11.3 Å². The maximum atomic E-state index is 8.77. The first kappa shape index (κ1) is 14.3. The zero-order valence-electron chi connectivity index (χ0n) is 10.7. The Bertz CT molecular complexity index is 603. The Balaban J connectivity index is 2.07. The average molecular weight is 336 g/mol. The van der Waals surface area contributed by atoms with E-state index in [1.807, 2.05) is 18.2 Å². The molecule has 0 amide bonds. The average Bonchev–Trinajstić information content (AvgIpc) is 2.48. The predicted molar refractivity (Wildman–Crippen MR) is 80.1 cm³/mol. The molecular formula is C14H14BrN3O2. The lowest BCUT2D eigenvalue weighted by atomic mass is 10.2. The van der Waals surface area contributed by atoms with Gasteiger partial charge in [0, 0.05) is 22.8 Å². The molecule has 5 nitrogen and oxygen atoms in total. The number of pyridine rings is 1. The molecule has 0 saturated carbocycles. The molecule has 2 rings (SSSR count). The third kappa shape index (κ3) is 3.71. The van der Waals surface area contributed by atoms with Gasteiger partial charge in [0.2, 0.25) is 0 Å². The van der Waals surface area contributed by atoms with E-state index in [0.29, 0.717) is 24.3 Å². The Morgan fingerprint density at radius 2 is 2.20 bits per heavy atom. The fourth-order valence-electron chi connectivity index (χ4n) is 1.69. The molecule has 0 saturated heterocycles. The maximum Gasteiger partial charge on any atom is 0.173 e. The van der Waals surface area contributed by atoms with E-state index in [0.717, 1.165) is 10.2 Å². The van der Waals surface area contributed by atoms with Gasteiger partial charge in [-0.25, -0.2) is 0 Å². The summed E-state index contributed by atoms with van der Waals surface area (Å²) in [7, 11) is 0. The summed E-state index contributed by atoms with van der Waals surface area (Å²) in [5.41, 5.74) is 7.12. The summed E-state index contributed by atoms with van der Waals surface area (Å²) in [6.07, 6.45) is 2.43. The van der Waals surface area contributed by atoms with E-state index in [4.69, 9.17) is 15.7 Å². The predicted octanol–water partition coefficient (Wildman–Crippen LogP) is 2.56. The van der Waals surface area contributed by atoms with Crippen molar-refractivity contribution in [2.24, 2.45) is 10.9 Å². The number of benzene rings is 1. The van der Waals surface area contributed by atoms with Crippen LogP contribution in [0.25, 0.3) is 0 Å². The van der Waals surface area contributed by atoms with Gasteiger partial charge in [0.15, 0.2) is 5.84 Å². The first-order chi connectivity index (χ1) is 9.70. The number of amidine groups is 1. The Labute approximate surface area is 125 Å². The summed E-state index contributed by atoms with van der Waals surface area (Å²) in [5, 5.41) is 11.8. The normalized spacial score (nSPS) is 11.3. The van der Waals surface area contributed by atoms with Gasteiger partial charge in [0.05, 0.1) is 12.2 Å². The number of nitrogens with zero attached hydrogens (tertiary/aromatic N) is 2. The summed E-state index contributed by atoms with van der Waals surface area (Å²) in [4.78, 5) is 4.22. The van der Waals surface area contributed by atoms with E-state index in [9.17, 15) is 0 Å². The second-order valence-electron chi connectivity index (χ2n) is 4.05. The van der Waals surface area contributed by atoms with Crippen molar-refractivity contribution in [1.29, 1.82) is 0 Å². The molecule has 1 heterocycles. The van der Waals surface area contributed by atoms with Gasteiger partial charge >= 0.3 is 0 Å². The number of hydrogen-bond acceptors (Lipinski definition) is 4. The smallest absolute Gasteiger partial charge is 0.173 e. The third-order valence-corrected chi connectivity index (χ3v) is 3.16. The molecule has 3 N–H and O–H groups in total. The summed E-state index contributed by atoms with van der Waals surface area (Å²) >= 11 is 3.37. The minimum Gasteiger partial charge on any atom is -0.492 e. The second-order valence-corrected chi connectivity index (χ2v) is 4.96. The quantitative estimate of drug-likeness (QED) is 0.381. The highest BCUT2D eigenvalue weighted by Gasteiger charge is 2.09. The van der Waals surface area contributed by atoms with Gasteiger partial charge in [-0.05, 0) is 30.3 Å². The minimum absolute atomic E-state index is 0.0188. The van der Waals surface area contributed by atoms with Gasteiger partial charge in [-0.3, -0.25) is 4.98 Å². The Morgan fingerprint density at radius 1 is 1.35 bits per heavy atom. The molecule has 104 valence electrons. The molecule has 0 aliphatic heterocycles. The van der Waals surface area contributed by atoms with Gasteiger partial charge in [-0.2, -0.15) is 0 Å². The lowest BCUT2D eigenvalue weighted by molar-refractivity contribution is 0.313. The van der Waals surface area contributed by atoms with Crippen LogP contribution in [0.3, 0.4) is 0 Å². The molecule has 0 spiro atoms. The number of aromatic nitrogens is 1. The number of oxime groups is 1. The molecule has 0 atom stereocenters. The van der Waals surface area contributed by atoms with E-state index < -0.39 is 0 Å². The minimum atomic E-state index is 0.0188. The van der Waals surface area contributed by atoms with Crippen LogP contribution in [0.5, 0.6) is 5.75 Å². The summed E-state index contributed by atoms with van der Waals surface area (Å²) in [6, 6.07) is 11.1. The van der Waals surface area contributed by atoms with E-state index in [1.54, 1.807) is 24.4 Å². The van der Waals surface area contributed by atoms with Gasteiger partial charge < -0.3 is 15.7 Å². The van der Waals surface area contributed by atoms with Crippen molar-refractivity contribution in [3.63, 3.8) is 0 Å². The molecule has 2 aromatic rings. The lowest BCUT2D eigenvalue weighted by Gasteiger charge is -2.11. The fraction of sp³-hybridized carbons (Fsp3) is 0.143. The van der Waals surface area contributed by atoms with Gasteiger partial charge in [-0.1, -0.05) is 27.2 Å². The van der Waals surface area contributed by atoms with Gasteiger partial charge in [0.25, 0.3) is 0 Å². The summed E-state index contributed by atoms with van der Waals surface area (Å²) < 4.78 is 6.56. The zero-order valence-corrected chi connectivity index (χ0v) is 12.2. The molecule has 0 radical (unpaired) electrons.